The summed E-state index contributed by atoms with van der Waals surface area (Å²) in [5, 5.41) is 15.1. The minimum Gasteiger partial charge on any atom is -0.308 e. The fraction of sp³-hybridized carbons (Fsp3) is 0.140. The first kappa shape index (κ1) is 34.7. The van der Waals surface area contributed by atoms with Gasteiger partial charge in [-0.2, -0.15) is 0 Å². The molecule has 5 heterocycles. The maximum Gasteiger partial charge on any atom is 0.146 e. The van der Waals surface area contributed by atoms with Crippen molar-refractivity contribution in [2.75, 3.05) is 4.90 Å². The van der Waals surface area contributed by atoms with E-state index >= 15 is 0 Å². The van der Waals surface area contributed by atoms with Crippen LogP contribution >= 0.6 is 0 Å². The maximum absolute atomic E-state index is 5.63. The van der Waals surface area contributed by atoms with Crippen molar-refractivity contribution in [1.29, 1.82) is 0 Å². The van der Waals surface area contributed by atoms with Crippen molar-refractivity contribution in [2.45, 2.75) is 52.4 Å². The predicted molar refractivity (Wildman–Crippen MR) is 261 cm³/mol. The smallest absolute Gasteiger partial charge is 0.146 e. The van der Waals surface area contributed by atoms with Crippen molar-refractivity contribution >= 4 is 115 Å². The molecule has 292 valence electrons. The maximum atomic E-state index is 5.63. The van der Waals surface area contributed by atoms with E-state index in [2.05, 4.69) is 213 Å². The molecular weight excluding hydrogens is 741 g/mol. The molecule has 61 heavy (non-hydrogen) atoms. The molecule has 0 atom stereocenters. The summed E-state index contributed by atoms with van der Waals surface area (Å²) in [6.07, 6.45) is 2.17. The lowest BCUT2D eigenvalue weighted by atomic mass is 9.85. The van der Waals surface area contributed by atoms with Crippen LogP contribution in [0, 0.1) is 0 Å². The molecule has 0 aliphatic heterocycles. The van der Waals surface area contributed by atoms with E-state index in [1.54, 1.807) is 0 Å². The van der Waals surface area contributed by atoms with Gasteiger partial charge in [0, 0.05) is 59.9 Å². The Morgan fingerprint density at radius 1 is 0.410 bits per heavy atom. The fourth-order valence-corrected chi connectivity index (χ4v) is 10.7. The number of hydrogen-bond acceptors (Lipinski definition) is 2. The van der Waals surface area contributed by atoms with E-state index in [4.69, 9.17) is 4.98 Å². The van der Waals surface area contributed by atoms with Crippen molar-refractivity contribution in [1.82, 2.24) is 13.8 Å². The highest BCUT2D eigenvalue weighted by Crippen LogP contribution is 2.52. The van der Waals surface area contributed by atoms with Crippen LogP contribution in [-0.2, 0) is 10.8 Å². The number of hydrogen-bond donors (Lipinski definition) is 0. The quantitative estimate of drug-likeness (QED) is 0.178. The Hall–Kier alpha value is -7.17. The standard InChI is InChI=1S/C57H44N4/c1-56(2,3)35-25-26-46-41(29-35)42-27-33-17-13-15-23-39(33)48-50-47(60(46)52(42)48)32-58-55-49(50)45-31-36(57(4,5)6)30-44-43-28-34-18-14-16-24-40(34)53(54(43)61(55)51(44)45)59(37-19-9-7-10-20-37)38-21-11-8-12-22-38/h7-32H,1-6H3. The van der Waals surface area contributed by atoms with Gasteiger partial charge in [-0.1, -0.05) is 133 Å². The topological polar surface area (TPSA) is 24.9 Å². The Bertz CT molecular complexity index is 3890. The molecule has 0 amide bonds. The van der Waals surface area contributed by atoms with E-state index < -0.39 is 0 Å². The molecule has 0 bridgehead atoms. The summed E-state index contributed by atoms with van der Waals surface area (Å²) in [7, 11) is 0. The van der Waals surface area contributed by atoms with Gasteiger partial charge >= 0.3 is 0 Å². The van der Waals surface area contributed by atoms with Crippen LogP contribution in [0.3, 0.4) is 0 Å². The molecule has 4 nitrogen and oxygen atoms in total. The Morgan fingerprint density at radius 2 is 0.967 bits per heavy atom. The van der Waals surface area contributed by atoms with Crippen LogP contribution in [0.2, 0.25) is 0 Å². The highest BCUT2D eigenvalue weighted by molar-refractivity contribution is 6.39. The van der Waals surface area contributed by atoms with Gasteiger partial charge in [-0.15, -0.1) is 0 Å². The van der Waals surface area contributed by atoms with Gasteiger partial charge < -0.3 is 9.30 Å². The number of benzene rings is 8. The molecule has 0 saturated carbocycles. The Morgan fingerprint density at radius 3 is 1.64 bits per heavy atom. The minimum atomic E-state index is -0.0913. The summed E-state index contributed by atoms with van der Waals surface area (Å²) in [6.45, 7) is 13.9. The van der Waals surface area contributed by atoms with Gasteiger partial charge in [-0.25, -0.2) is 4.98 Å². The number of anilines is 3. The molecule has 13 rings (SSSR count). The van der Waals surface area contributed by atoms with Gasteiger partial charge in [-0.05, 0) is 98.8 Å². The molecular formula is C57H44N4. The number of nitrogens with zero attached hydrogens (tertiary/aromatic N) is 4. The van der Waals surface area contributed by atoms with Crippen LogP contribution < -0.4 is 4.90 Å². The van der Waals surface area contributed by atoms with Gasteiger partial charge in [0.25, 0.3) is 0 Å². The second-order valence-corrected chi connectivity index (χ2v) is 19.3. The average molecular weight is 785 g/mol. The first-order chi connectivity index (χ1) is 29.6. The van der Waals surface area contributed by atoms with Crippen LogP contribution in [0.5, 0.6) is 0 Å². The molecule has 0 spiro atoms. The monoisotopic (exact) mass is 784 g/mol. The number of pyridine rings is 1. The molecule has 0 aliphatic carbocycles. The third kappa shape index (κ3) is 4.57. The largest absolute Gasteiger partial charge is 0.308 e. The second kappa shape index (κ2) is 11.8. The van der Waals surface area contributed by atoms with Gasteiger partial charge in [-0.3, -0.25) is 4.40 Å². The van der Waals surface area contributed by atoms with Crippen LogP contribution in [0.25, 0.3) is 97.9 Å². The lowest BCUT2D eigenvalue weighted by molar-refractivity contribution is 0.591. The van der Waals surface area contributed by atoms with Gasteiger partial charge in [0.1, 0.15) is 5.65 Å². The zero-order valence-electron chi connectivity index (χ0n) is 35.3. The van der Waals surface area contributed by atoms with E-state index in [0.717, 1.165) is 28.2 Å². The van der Waals surface area contributed by atoms with E-state index in [1.807, 2.05) is 0 Å². The summed E-state index contributed by atoms with van der Waals surface area (Å²) in [5.74, 6) is 0. The Kier molecular flexibility index (Phi) is 6.69. The Labute approximate surface area is 353 Å². The van der Waals surface area contributed by atoms with Crippen molar-refractivity contribution in [3.63, 3.8) is 0 Å². The highest BCUT2D eigenvalue weighted by atomic mass is 15.2. The van der Waals surface area contributed by atoms with Crippen LogP contribution in [0.1, 0.15) is 52.7 Å². The fourth-order valence-electron chi connectivity index (χ4n) is 10.7. The number of fused-ring (bicyclic) bond motifs is 16. The molecule has 0 unspecified atom stereocenters. The van der Waals surface area contributed by atoms with Gasteiger partial charge in [0.15, 0.2) is 0 Å². The number of rotatable bonds is 3. The van der Waals surface area contributed by atoms with E-state index in [9.17, 15) is 0 Å². The highest BCUT2D eigenvalue weighted by Gasteiger charge is 2.31. The molecule has 0 saturated heterocycles. The molecule has 4 heteroatoms. The summed E-state index contributed by atoms with van der Waals surface area (Å²) in [6, 6.07) is 56.5. The third-order valence-corrected chi connectivity index (χ3v) is 13.6. The molecule has 0 radical (unpaired) electrons. The molecule has 8 aromatic carbocycles. The first-order valence-electron chi connectivity index (χ1n) is 21.6. The normalized spacial score (nSPS) is 13.1. The summed E-state index contributed by atoms with van der Waals surface area (Å²) in [5.41, 5.74) is 13.0. The van der Waals surface area contributed by atoms with Crippen molar-refractivity contribution in [3.05, 3.63) is 169 Å². The van der Waals surface area contributed by atoms with E-state index in [-0.39, 0.29) is 10.8 Å². The van der Waals surface area contributed by atoms with E-state index in [0.29, 0.717) is 0 Å². The third-order valence-electron chi connectivity index (χ3n) is 13.6. The summed E-state index contributed by atoms with van der Waals surface area (Å²) in [4.78, 5) is 8.09. The summed E-state index contributed by atoms with van der Waals surface area (Å²) < 4.78 is 5.04. The second-order valence-electron chi connectivity index (χ2n) is 19.3. The lowest BCUT2D eigenvalue weighted by Crippen LogP contribution is -2.11. The molecule has 0 fully saturated rings. The van der Waals surface area contributed by atoms with Gasteiger partial charge in [0.05, 0.1) is 39.5 Å². The molecule has 5 aromatic heterocycles. The first-order valence-corrected chi connectivity index (χ1v) is 21.6. The Balaban J connectivity index is 1.30. The number of para-hydroxylation sites is 2. The molecule has 13 aromatic rings. The SMILES string of the molecule is CC(C)(C)c1ccc2c(c1)c1cc3ccccc3c3c4c5c6cc(C(C)(C)C)cc7c8cc9ccccc9c(N(c9ccccc9)c9ccccc9)c8n(c5ncc4n2c13)c76. The zero-order chi connectivity index (χ0) is 41.1. The van der Waals surface area contributed by atoms with Crippen LogP contribution in [0.15, 0.2) is 158 Å². The van der Waals surface area contributed by atoms with E-state index in [1.165, 1.54) is 97.8 Å². The molecule has 0 N–H and O–H groups in total. The van der Waals surface area contributed by atoms with Crippen LogP contribution in [0.4, 0.5) is 17.1 Å². The summed E-state index contributed by atoms with van der Waals surface area (Å²) >= 11 is 0. The number of aromatic nitrogens is 3. The van der Waals surface area contributed by atoms with Crippen LogP contribution in [-0.4, -0.2) is 13.8 Å². The molecule has 0 aliphatic rings. The van der Waals surface area contributed by atoms with Crippen molar-refractivity contribution in [3.8, 4) is 0 Å². The average Bonchev–Trinajstić information content (AvgIpc) is 3.99. The van der Waals surface area contributed by atoms with Crippen molar-refractivity contribution < 1.29 is 0 Å². The predicted octanol–water partition coefficient (Wildman–Crippen LogP) is 15.8. The minimum absolute atomic E-state index is 0.0349. The lowest BCUT2D eigenvalue weighted by Gasteiger charge is -2.28. The van der Waals surface area contributed by atoms with Crippen molar-refractivity contribution in [2.24, 2.45) is 0 Å². The van der Waals surface area contributed by atoms with Gasteiger partial charge in [0.2, 0.25) is 0 Å². The zero-order valence-corrected chi connectivity index (χ0v) is 35.3.